The Kier molecular flexibility index (Phi) is 3.21. The van der Waals surface area contributed by atoms with Gasteiger partial charge in [0.2, 0.25) is 0 Å². The van der Waals surface area contributed by atoms with Crippen molar-refractivity contribution in [1.29, 1.82) is 0 Å². The predicted molar refractivity (Wildman–Crippen MR) is 66.6 cm³/mol. The van der Waals surface area contributed by atoms with Crippen molar-refractivity contribution in [3.63, 3.8) is 0 Å². The summed E-state index contributed by atoms with van der Waals surface area (Å²) in [5.41, 5.74) is 1.91. The van der Waals surface area contributed by atoms with E-state index in [0.717, 1.165) is 16.2 Å². The number of carboxylic acids is 1. The van der Waals surface area contributed by atoms with E-state index in [4.69, 9.17) is 16.7 Å². The number of hydrogen-bond acceptors (Lipinski definition) is 3. The fourth-order valence-corrected chi connectivity index (χ4v) is 2.58. The molecule has 0 radical (unpaired) electrons. The van der Waals surface area contributed by atoms with Crippen LogP contribution >= 0.6 is 23.4 Å². The van der Waals surface area contributed by atoms with Crippen LogP contribution in [-0.2, 0) is 4.79 Å². The van der Waals surface area contributed by atoms with Gasteiger partial charge in [0.15, 0.2) is 6.04 Å². The van der Waals surface area contributed by atoms with Gasteiger partial charge in [0, 0.05) is 16.3 Å². The molecule has 1 aromatic carbocycles. The molecule has 1 aliphatic heterocycles. The Balaban J connectivity index is 2.29. The zero-order valence-corrected chi connectivity index (χ0v) is 10.2. The van der Waals surface area contributed by atoms with Crippen molar-refractivity contribution < 1.29 is 9.90 Å². The zero-order chi connectivity index (χ0) is 11.7. The lowest BCUT2D eigenvalue weighted by atomic mass is 10.1. The van der Waals surface area contributed by atoms with Gasteiger partial charge in [0.05, 0.1) is 5.04 Å². The second-order valence-electron chi connectivity index (χ2n) is 3.56. The number of benzene rings is 1. The van der Waals surface area contributed by atoms with E-state index in [2.05, 4.69) is 4.99 Å². The van der Waals surface area contributed by atoms with Gasteiger partial charge in [-0.05, 0) is 24.6 Å². The van der Waals surface area contributed by atoms with Gasteiger partial charge >= 0.3 is 5.97 Å². The van der Waals surface area contributed by atoms with E-state index in [1.54, 1.807) is 0 Å². The number of carboxylic acid groups (broad SMARTS) is 1. The Morgan fingerprint density at radius 1 is 1.62 bits per heavy atom. The van der Waals surface area contributed by atoms with Crippen molar-refractivity contribution in [1.82, 2.24) is 0 Å². The minimum atomic E-state index is -0.867. The summed E-state index contributed by atoms with van der Waals surface area (Å²) in [6.07, 6.45) is 0. The molecule has 84 valence electrons. The zero-order valence-electron chi connectivity index (χ0n) is 8.61. The minimum absolute atomic E-state index is 0.506. The highest BCUT2D eigenvalue weighted by Gasteiger charge is 2.25. The smallest absolute Gasteiger partial charge is 0.329 e. The van der Waals surface area contributed by atoms with Crippen LogP contribution in [0.15, 0.2) is 23.2 Å². The van der Waals surface area contributed by atoms with Crippen molar-refractivity contribution in [2.75, 3.05) is 5.75 Å². The molecular weight excluding hydrogens is 246 g/mol. The van der Waals surface area contributed by atoms with Crippen LogP contribution in [0.4, 0.5) is 0 Å². The molecule has 0 bridgehead atoms. The third kappa shape index (κ3) is 2.23. The van der Waals surface area contributed by atoms with Crippen LogP contribution in [0.2, 0.25) is 5.02 Å². The molecular formula is C11H10ClNO2S. The molecule has 5 heteroatoms. The van der Waals surface area contributed by atoms with Crippen molar-refractivity contribution in [2.24, 2.45) is 4.99 Å². The lowest BCUT2D eigenvalue weighted by Gasteiger charge is -2.02. The number of halogens is 1. The number of rotatable bonds is 2. The van der Waals surface area contributed by atoms with Crippen LogP contribution < -0.4 is 0 Å². The third-order valence-electron chi connectivity index (χ3n) is 2.34. The molecule has 1 unspecified atom stereocenters. The molecule has 0 spiro atoms. The summed E-state index contributed by atoms with van der Waals surface area (Å²) < 4.78 is 0. The second kappa shape index (κ2) is 4.47. The molecule has 0 aromatic heterocycles. The molecule has 1 atom stereocenters. The number of aliphatic imine (C=N–C) groups is 1. The molecule has 3 nitrogen and oxygen atoms in total. The maximum Gasteiger partial charge on any atom is 0.329 e. The molecule has 0 aliphatic carbocycles. The van der Waals surface area contributed by atoms with Crippen LogP contribution in [0.3, 0.4) is 0 Å². The lowest BCUT2D eigenvalue weighted by Crippen LogP contribution is -2.17. The molecule has 0 saturated carbocycles. The Labute approximate surface area is 103 Å². The first kappa shape index (κ1) is 11.5. The topological polar surface area (TPSA) is 49.7 Å². The van der Waals surface area contributed by atoms with Gasteiger partial charge in [-0.25, -0.2) is 4.79 Å². The van der Waals surface area contributed by atoms with Crippen LogP contribution in [-0.4, -0.2) is 27.9 Å². The van der Waals surface area contributed by atoms with Gasteiger partial charge in [-0.3, -0.25) is 4.99 Å². The fourth-order valence-electron chi connectivity index (χ4n) is 1.44. The normalized spacial score (nSPS) is 19.6. The Morgan fingerprint density at radius 3 is 2.94 bits per heavy atom. The largest absolute Gasteiger partial charge is 0.480 e. The summed E-state index contributed by atoms with van der Waals surface area (Å²) >= 11 is 7.40. The highest BCUT2D eigenvalue weighted by atomic mass is 35.5. The summed E-state index contributed by atoms with van der Waals surface area (Å²) in [7, 11) is 0. The maximum absolute atomic E-state index is 10.8. The molecule has 16 heavy (non-hydrogen) atoms. The van der Waals surface area contributed by atoms with Gasteiger partial charge in [0.1, 0.15) is 0 Å². The minimum Gasteiger partial charge on any atom is -0.480 e. The molecule has 2 rings (SSSR count). The quantitative estimate of drug-likeness (QED) is 0.884. The second-order valence-corrected chi connectivity index (χ2v) is 4.98. The van der Waals surface area contributed by atoms with Crippen molar-refractivity contribution in [2.45, 2.75) is 13.0 Å². The van der Waals surface area contributed by atoms with E-state index in [1.165, 1.54) is 11.8 Å². The first-order valence-corrected chi connectivity index (χ1v) is 6.14. The summed E-state index contributed by atoms with van der Waals surface area (Å²) in [6.45, 7) is 1.92. The van der Waals surface area contributed by atoms with Crippen LogP contribution in [0, 0.1) is 6.92 Å². The molecule has 0 amide bonds. The Morgan fingerprint density at radius 2 is 2.38 bits per heavy atom. The average molecular weight is 256 g/mol. The van der Waals surface area contributed by atoms with Gasteiger partial charge in [0.25, 0.3) is 0 Å². The van der Waals surface area contributed by atoms with E-state index >= 15 is 0 Å². The number of hydrogen-bond donors (Lipinski definition) is 1. The van der Waals surface area contributed by atoms with Crippen molar-refractivity contribution in [3.05, 3.63) is 34.3 Å². The van der Waals surface area contributed by atoms with E-state index < -0.39 is 12.0 Å². The number of aryl methyl sites for hydroxylation is 1. The van der Waals surface area contributed by atoms with E-state index in [0.29, 0.717) is 10.8 Å². The summed E-state index contributed by atoms with van der Waals surface area (Å²) in [5.74, 6) is -0.361. The molecule has 1 aromatic rings. The van der Waals surface area contributed by atoms with E-state index in [1.807, 2.05) is 25.1 Å². The standard InChI is InChI=1S/C11H10ClNO2S/c1-6-4-7(2-3-8(6)12)10-13-9(5-16-10)11(14)15/h2-4,9H,5H2,1H3,(H,14,15). The van der Waals surface area contributed by atoms with Gasteiger partial charge < -0.3 is 5.11 Å². The highest BCUT2D eigenvalue weighted by Crippen LogP contribution is 2.26. The molecule has 1 aliphatic rings. The molecule has 1 N–H and O–H groups in total. The fraction of sp³-hybridized carbons (Fsp3) is 0.273. The average Bonchev–Trinajstić information content (AvgIpc) is 2.71. The first-order valence-electron chi connectivity index (χ1n) is 4.78. The van der Waals surface area contributed by atoms with E-state index in [-0.39, 0.29) is 0 Å². The SMILES string of the molecule is Cc1cc(C2=NC(C(=O)O)CS2)ccc1Cl. The summed E-state index contributed by atoms with van der Waals surface area (Å²) in [6, 6.07) is 4.99. The first-order chi connectivity index (χ1) is 7.58. The van der Waals surface area contributed by atoms with Gasteiger partial charge in [-0.1, -0.05) is 17.7 Å². The molecule has 0 saturated heterocycles. The van der Waals surface area contributed by atoms with Crippen LogP contribution in [0.25, 0.3) is 0 Å². The molecule has 0 fully saturated rings. The van der Waals surface area contributed by atoms with Crippen molar-refractivity contribution >= 4 is 34.4 Å². The predicted octanol–water partition coefficient (Wildman–Crippen LogP) is 2.60. The monoisotopic (exact) mass is 255 g/mol. The Hall–Kier alpha value is -1.00. The molecule has 1 heterocycles. The van der Waals surface area contributed by atoms with E-state index in [9.17, 15) is 4.79 Å². The van der Waals surface area contributed by atoms with Gasteiger partial charge in [-0.2, -0.15) is 0 Å². The number of carbonyl (C=O) groups is 1. The highest BCUT2D eigenvalue weighted by molar-refractivity contribution is 8.14. The number of thioether (sulfide) groups is 1. The number of aliphatic carboxylic acids is 1. The summed E-state index contributed by atoms with van der Waals surface area (Å²) in [5, 5.41) is 10.3. The maximum atomic E-state index is 10.8. The Bertz CT molecular complexity index is 473. The lowest BCUT2D eigenvalue weighted by molar-refractivity contribution is -0.137. The van der Waals surface area contributed by atoms with Gasteiger partial charge in [-0.15, -0.1) is 11.8 Å². The van der Waals surface area contributed by atoms with Crippen LogP contribution in [0.5, 0.6) is 0 Å². The van der Waals surface area contributed by atoms with Crippen molar-refractivity contribution in [3.8, 4) is 0 Å². The summed E-state index contributed by atoms with van der Waals surface area (Å²) in [4.78, 5) is 14.9. The third-order valence-corrected chi connectivity index (χ3v) is 3.86. The number of nitrogens with zero attached hydrogens (tertiary/aromatic N) is 1. The van der Waals surface area contributed by atoms with Crippen LogP contribution in [0.1, 0.15) is 11.1 Å².